The van der Waals surface area contributed by atoms with Gasteiger partial charge < -0.3 is 14.4 Å². The van der Waals surface area contributed by atoms with Crippen molar-refractivity contribution in [2.75, 3.05) is 26.5 Å². The zero-order chi connectivity index (χ0) is 17.7. The largest absolute Gasteiger partial charge is 0.493 e. The second-order valence-corrected chi connectivity index (χ2v) is 8.99. The number of hydrogen-bond acceptors (Lipinski definition) is 4. The van der Waals surface area contributed by atoms with E-state index in [1.54, 1.807) is 26.4 Å². The summed E-state index contributed by atoms with van der Waals surface area (Å²) < 4.78 is 10.8. The normalized spacial score (nSPS) is 18.4. The highest BCUT2D eigenvalue weighted by Crippen LogP contribution is 2.31. The van der Waals surface area contributed by atoms with E-state index in [0.717, 1.165) is 25.1 Å². The van der Waals surface area contributed by atoms with Gasteiger partial charge in [0.1, 0.15) is 0 Å². The van der Waals surface area contributed by atoms with Crippen LogP contribution in [0.1, 0.15) is 50.4 Å². The van der Waals surface area contributed by atoms with Gasteiger partial charge >= 0.3 is 0 Å². The minimum atomic E-state index is 0.0927. The van der Waals surface area contributed by atoms with Gasteiger partial charge in [-0.2, -0.15) is 11.8 Å². The fraction of sp³-hybridized carbons (Fsp3) is 0.632. The number of hydrogen-bond donors (Lipinski definition) is 0. The van der Waals surface area contributed by atoms with Crippen molar-refractivity contribution in [2.24, 2.45) is 0 Å². The van der Waals surface area contributed by atoms with Gasteiger partial charge in [0.2, 0.25) is 0 Å². The molecule has 1 saturated heterocycles. The molecule has 1 aromatic rings. The molecule has 24 heavy (non-hydrogen) atoms. The second-order valence-electron chi connectivity index (χ2n) is 7.14. The molecular weight excluding hydrogens is 322 g/mol. The highest BCUT2D eigenvalue weighted by molar-refractivity contribution is 8.00. The molecule has 134 valence electrons. The molecule has 1 aromatic carbocycles. The number of rotatable bonds is 5. The third kappa shape index (κ3) is 4.82. The second kappa shape index (κ2) is 8.15. The van der Waals surface area contributed by atoms with Crippen LogP contribution in [0.4, 0.5) is 0 Å². The third-order valence-corrected chi connectivity index (χ3v) is 5.64. The molecule has 0 aromatic heterocycles. The van der Waals surface area contributed by atoms with Gasteiger partial charge in [-0.15, -0.1) is 0 Å². The van der Waals surface area contributed by atoms with Crippen LogP contribution < -0.4 is 9.47 Å². The third-order valence-electron chi connectivity index (χ3n) is 4.23. The van der Waals surface area contributed by atoms with Crippen molar-refractivity contribution in [3.05, 3.63) is 23.8 Å². The van der Waals surface area contributed by atoms with Crippen LogP contribution >= 0.6 is 11.8 Å². The zero-order valence-electron chi connectivity index (χ0n) is 15.4. The van der Waals surface area contributed by atoms with Crippen molar-refractivity contribution in [2.45, 2.75) is 50.8 Å². The van der Waals surface area contributed by atoms with Crippen molar-refractivity contribution >= 4 is 17.7 Å². The molecule has 2 rings (SSSR count). The van der Waals surface area contributed by atoms with E-state index in [2.05, 4.69) is 20.8 Å². The van der Waals surface area contributed by atoms with E-state index in [1.807, 2.05) is 22.7 Å². The molecule has 0 spiro atoms. The lowest BCUT2D eigenvalue weighted by Gasteiger charge is -2.37. The molecule has 0 N–H and O–H groups in total. The molecule has 4 nitrogen and oxygen atoms in total. The van der Waals surface area contributed by atoms with Gasteiger partial charge in [-0.1, -0.05) is 20.8 Å². The van der Waals surface area contributed by atoms with Crippen molar-refractivity contribution in [3.63, 3.8) is 0 Å². The van der Waals surface area contributed by atoms with Crippen LogP contribution in [-0.2, 0) is 0 Å². The Hall–Kier alpha value is -1.36. The summed E-state index contributed by atoms with van der Waals surface area (Å²) in [4.78, 5) is 15.1. The molecule has 5 heteroatoms. The van der Waals surface area contributed by atoms with E-state index < -0.39 is 0 Å². The number of nitrogens with zero attached hydrogens (tertiary/aromatic N) is 1. The number of piperidine rings is 1. The Balaban J connectivity index is 2.16. The van der Waals surface area contributed by atoms with Crippen LogP contribution in [0.25, 0.3) is 0 Å². The maximum atomic E-state index is 13.0. The Labute approximate surface area is 149 Å². The monoisotopic (exact) mass is 351 g/mol. The maximum Gasteiger partial charge on any atom is 0.254 e. The molecule has 1 aliphatic rings. The SMILES string of the molecule is COc1ccc(C(=O)N2CCCC[C@@H]2CSC(C)(C)C)cc1OC. The summed E-state index contributed by atoms with van der Waals surface area (Å²) in [5.74, 6) is 2.33. The Morgan fingerprint density at radius 2 is 1.92 bits per heavy atom. The number of thioether (sulfide) groups is 1. The highest BCUT2D eigenvalue weighted by atomic mass is 32.2. The Morgan fingerprint density at radius 1 is 1.21 bits per heavy atom. The Bertz CT molecular complexity index is 568. The van der Waals surface area contributed by atoms with Gasteiger partial charge in [0, 0.05) is 28.6 Å². The predicted octanol–water partition coefficient (Wildman–Crippen LogP) is 4.23. The van der Waals surface area contributed by atoms with E-state index >= 15 is 0 Å². The predicted molar refractivity (Wildman–Crippen MR) is 100 cm³/mol. The topological polar surface area (TPSA) is 38.8 Å². The number of carbonyl (C=O) groups excluding carboxylic acids is 1. The summed E-state index contributed by atoms with van der Waals surface area (Å²) in [6.45, 7) is 7.51. The van der Waals surface area contributed by atoms with Gasteiger partial charge in [-0.05, 0) is 37.5 Å². The van der Waals surface area contributed by atoms with E-state index in [1.165, 1.54) is 6.42 Å². The number of benzene rings is 1. The van der Waals surface area contributed by atoms with Crippen molar-refractivity contribution < 1.29 is 14.3 Å². The molecule has 0 aliphatic carbocycles. The summed E-state index contributed by atoms with van der Waals surface area (Å²) in [6, 6.07) is 5.72. The summed E-state index contributed by atoms with van der Waals surface area (Å²) in [5.41, 5.74) is 0.667. The Kier molecular flexibility index (Phi) is 6.44. The van der Waals surface area contributed by atoms with Crippen LogP contribution in [0.3, 0.4) is 0 Å². The minimum absolute atomic E-state index is 0.0927. The molecule has 1 aliphatic heterocycles. The van der Waals surface area contributed by atoms with Gasteiger partial charge in [0.15, 0.2) is 11.5 Å². The maximum absolute atomic E-state index is 13.0. The van der Waals surface area contributed by atoms with E-state index in [4.69, 9.17) is 9.47 Å². The molecule has 0 unspecified atom stereocenters. The molecule has 0 bridgehead atoms. The van der Waals surface area contributed by atoms with Crippen LogP contribution in [0.15, 0.2) is 18.2 Å². The van der Waals surface area contributed by atoms with E-state index in [-0.39, 0.29) is 10.7 Å². The van der Waals surface area contributed by atoms with Crippen LogP contribution in [0, 0.1) is 0 Å². The number of methoxy groups -OCH3 is 2. The molecule has 1 heterocycles. The quantitative estimate of drug-likeness (QED) is 0.796. The first-order chi connectivity index (χ1) is 11.4. The number of ether oxygens (including phenoxy) is 2. The lowest BCUT2D eigenvalue weighted by molar-refractivity contribution is 0.0640. The lowest BCUT2D eigenvalue weighted by Crippen LogP contribution is -2.45. The van der Waals surface area contributed by atoms with Gasteiger partial charge in [-0.3, -0.25) is 4.79 Å². The van der Waals surface area contributed by atoms with Crippen LogP contribution in [-0.4, -0.2) is 48.1 Å². The first-order valence-corrected chi connectivity index (χ1v) is 9.51. The Morgan fingerprint density at radius 3 is 2.54 bits per heavy atom. The number of carbonyl (C=O) groups is 1. The first kappa shape index (κ1) is 19.0. The fourth-order valence-corrected chi connectivity index (χ4v) is 3.96. The highest BCUT2D eigenvalue weighted by Gasteiger charge is 2.29. The standard InChI is InChI=1S/C19H29NO3S/c1-19(2,3)24-13-15-8-6-7-11-20(15)18(21)14-9-10-16(22-4)17(12-14)23-5/h9-10,12,15H,6-8,11,13H2,1-5H3/t15-/m1/s1. The average Bonchev–Trinajstić information content (AvgIpc) is 2.58. The molecule has 1 fully saturated rings. The van der Waals surface area contributed by atoms with Crippen molar-refractivity contribution in [3.8, 4) is 11.5 Å². The average molecular weight is 352 g/mol. The molecular formula is C19H29NO3S. The summed E-state index contributed by atoms with van der Waals surface area (Å²) in [7, 11) is 3.19. The van der Waals surface area contributed by atoms with Gasteiger partial charge in [-0.25, -0.2) is 0 Å². The lowest BCUT2D eigenvalue weighted by atomic mass is 10.0. The molecule has 1 atom stereocenters. The first-order valence-electron chi connectivity index (χ1n) is 8.52. The van der Waals surface area contributed by atoms with Crippen LogP contribution in [0.5, 0.6) is 11.5 Å². The summed E-state index contributed by atoms with van der Waals surface area (Å²) in [6.07, 6.45) is 3.36. The van der Waals surface area contributed by atoms with E-state index in [0.29, 0.717) is 23.1 Å². The number of amides is 1. The minimum Gasteiger partial charge on any atom is -0.493 e. The van der Waals surface area contributed by atoms with Crippen molar-refractivity contribution in [1.29, 1.82) is 0 Å². The number of likely N-dealkylation sites (tertiary alicyclic amines) is 1. The van der Waals surface area contributed by atoms with Gasteiger partial charge in [0.05, 0.1) is 14.2 Å². The smallest absolute Gasteiger partial charge is 0.254 e. The molecule has 1 amide bonds. The van der Waals surface area contributed by atoms with Crippen molar-refractivity contribution in [1.82, 2.24) is 4.90 Å². The summed E-state index contributed by atoms with van der Waals surface area (Å²) >= 11 is 1.93. The molecule has 0 saturated carbocycles. The van der Waals surface area contributed by atoms with E-state index in [9.17, 15) is 4.79 Å². The van der Waals surface area contributed by atoms with Crippen LogP contribution in [0.2, 0.25) is 0 Å². The fourth-order valence-electron chi connectivity index (χ4n) is 2.92. The zero-order valence-corrected chi connectivity index (χ0v) is 16.2. The molecule has 0 radical (unpaired) electrons. The summed E-state index contributed by atoms with van der Waals surface area (Å²) in [5, 5.41) is 0. The van der Waals surface area contributed by atoms with Gasteiger partial charge in [0.25, 0.3) is 5.91 Å².